The van der Waals surface area contributed by atoms with Crippen LogP contribution < -0.4 is 0 Å². The second kappa shape index (κ2) is 6.90. The number of sulfonamides is 1. The van der Waals surface area contributed by atoms with Gasteiger partial charge >= 0.3 is 0 Å². The van der Waals surface area contributed by atoms with Gasteiger partial charge in [-0.3, -0.25) is 0 Å². The highest BCUT2D eigenvalue weighted by atomic mass is 35.5. The summed E-state index contributed by atoms with van der Waals surface area (Å²) in [6, 6.07) is 6.17. The van der Waals surface area contributed by atoms with Crippen LogP contribution in [0.2, 0.25) is 5.02 Å². The van der Waals surface area contributed by atoms with Crippen molar-refractivity contribution < 1.29 is 8.42 Å². The molecule has 0 heterocycles. The fourth-order valence-electron chi connectivity index (χ4n) is 1.64. The summed E-state index contributed by atoms with van der Waals surface area (Å²) in [7, 11) is -2.10. The van der Waals surface area contributed by atoms with Crippen molar-refractivity contribution in [2.45, 2.75) is 31.1 Å². The number of benzene rings is 1. The van der Waals surface area contributed by atoms with Gasteiger partial charge in [-0.2, -0.15) is 5.26 Å². The van der Waals surface area contributed by atoms with Crippen LogP contribution in [0.15, 0.2) is 23.1 Å². The molecule has 6 heteroatoms. The highest BCUT2D eigenvalue weighted by Gasteiger charge is 2.23. The van der Waals surface area contributed by atoms with Crippen molar-refractivity contribution in [1.29, 1.82) is 5.26 Å². The summed E-state index contributed by atoms with van der Waals surface area (Å²) in [6.45, 7) is 2.51. The normalized spacial score (nSPS) is 11.5. The Morgan fingerprint density at radius 1 is 1.37 bits per heavy atom. The van der Waals surface area contributed by atoms with Gasteiger partial charge in [0.15, 0.2) is 0 Å². The first kappa shape index (κ1) is 16.0. The van der Waals surface area contributed by atoms with Crippen molar-refractivity contribution in [3.8, 4) is 6.07 Å². The number of nitriles is 1. The van der Waals surface area contributed by atoms with Gasteiger partial charge in [0.05, 0.1) is 16.7 Å². The van der Waals surface area contributed by atoms with Gasteiger partial charge in [0.2, 0.25) is 10.0 Å². The van der Waals surface area contributed by atoms with Gasteiger partial charge in [-0.15, -0.1) is 0 Å². The number of unbranched alkanes of at least 4 members (excludes halogenated alkanes) is 2. The van der Waals surface area contributed by atoms with Crippen molar-refractivity contribution in [1.82, 2.24) is 4.31 Å². The Labute approximate surface area is 119 Å². The van der Waals surface area contributed by atoms with Gasteiger partial charge in [-0.25, -0.2) is 12.7 Å². The Kier molecular flexibility index (Phi) is 5.80. The van der Waals surface area contributed by atoms with E-state index in [9.17, 15) is 8.42 Å². The van der Waals surface area contributed by atoms with Crippen LogP contribution in [0.3, 0.4) is 0 Å². The zero-order chi connectivity index (χ0) is 14.5. The van der Waals surface area contributed by atoms with Crippen LogP contribution in [0.5, 0.6) is 0 Å². The minimum atomic E-state index is -3.63. The SMILES string of the molecule is CCCCCN(C)S(=O)(=O)c1cc(C#N)ccc1Cl. The number of nitrogens with zero attached hydrogens (tertiary/aromatic N) is 2. The summed E-state index contributed by atoms with van der Waals surface area (Å²) in [5.41, 5.74) is 0.282. The number of halogens is 1. The molecule has 0 aliphatic heterocycles. The third-order valence-electron chi connectivity index (χ3n) is 2.83. The van der Waals surface area contributed by atoms with Gasteiger partial charge in [0.1, 0.15) is 4.90 Å². The summed E-state index contributed by atoms with van der Waals surface area (Å²) in [6.07, 6.45) is 2.81. The maximum absolute atomic E-state index is 12.3. The van der Waals surface area contributed by atoms with Crippen LogP contribution in [-0.4, -0.2) is 26.3 Å². The predicted molar refractivity (Wildman–Crippen MR) is 75.5 cm³/mol. The topological polar surface area (TPSA) is 61.2 Å². The quantitative estimate of drug-likeness (QED) is 0.759. The number of hydrogen-bond acceptors (Lipinski definition) is 3. The van der Waals surface area contributed by atoms with Crippen molar-refractivity contribution in [2.75, 3.05) is 13.6 Å². The molecule has 19 heavy (non-hydrogen) atoms. The molecule has 1 aromatic rings. The maximum atomic E-state index is 12.3. The molecule has 0 bridgehead atoms. The summed E-state index contributed by atoms with van der Waals surface area (Å²) < 4.78 is 26.0. The van der Waals surface area contributed by atoms with E-state index in [2.05, 4.69) is 6.92 Å². The van der Waals surface area contributed by atoms with Crippen molar-refractivity contribution in [3.05, 3.63) is 28.8 Å². The Morgan fingerprint density at radius 2 is 2.05 bits per heavy atom. The summed E-state index contributed by atoms with van der Waals surface area (Å²) in [4.78, 5) is -0.00721. The molecule has 104 valence electrons. The largest absolute Gasteiger partial charge is 0.244 e. The molecule has 4 nitrogen and oxygen atoms in total. The lowest BCUT2D eigenvalue weighted by atomic mass is 10.2. The van der Waals surface area contributed by atoms with E-state index in [0.29, 0.717) is 6.54 Å². The second-order valence-corrected chi connectivity index (χ2v) is 6.71. The Morgan fingerprint density at radius 3 is 2.63 bits per heavy atom. The van der Waals surface area contributed by atoms with Crippen LogP contribution in [0.1, 0.15) is 31.7 Å². The van der Waals surface area contributed by atoms with Crippen molar-refractivity contribution in [2.24, 2.45) is 0 Å². The van der Waals surface area contributed by atoms with Crippen LogP contribution in [0.4, 0.5) is 0 Å². The predicted octanol–water partition coefficient (Wildman–Crippen LogP) is 3.02. The zero-order valence-electron chi connectivity index (χ0n) is 11.1. The Balaban J connectivity index is 3.03. The molecular weight excluding hydrogens is 284 g/mol. The van der Waals surface area contributed by atoms with E-state index < -0.39 is 10.0 Å². The maximum Gasteiger partial charge on any atom is 0.244 e. The van der Waals surface area contributed by atoms with Crippen molar-refractivity contribution >= 4 is 21.6 Å². The molecule has 0 aliphatic rings. The summed E-state index contributed by atoms with van der Waals surface area (Å²) >= 11 is 5.93. The zero-order valence-corrected chi connectivity index (χ0v) is 12.6. The lowest BCUT2D eigenvalue weighted by molar-refractivity contribution is 0.454. The van der Waals surface area contributed by atoms with Crippen LogP contribution in [0, 0.1) is 11.3 Å². The van der Waals surface area contributed by atoms with E-state index in [1.807, 2.05) is 6.07 Å². The first-order valence-electron chi connectivity index (χ1n) is 6.09. The minimum Gasteiger partial charge on any atom is -0.207 e. The molecule has 0 unspecified atom stereocenters. The van der Waals surface area contributed by atoms with E-state index in [-0.39, 0.29) is 15.5 Å². The Bertz CT molecular complexity index is 579. The number of rotatable bonds is 6. The average Bonchev–Trinajstić information content (AvgIpc) is 2.39. The summed E-state index contributed by atoms with van der Waals surface area (Å²) in [5, 5.41) is 8.97. The third-order valence-corrected chi connectivity index (χ3v) is 5.16. The molecule has 0 radical (unpaired) electrons. The van der Waals surface area contributed by atoms with Gasteiger partial charge in [0, 0.05) is 13.6 Å². The molecule has 0 N–H and O–H groups in total. The second-order valence-electron chi connectivity index (χ2n) is 4.29. The average molecular weight is 301 g/mol. The highest BCUT2D eigenvalue weighted by molar-refractivity contribution is 7.89. The molecule has 1 rings (SSSR count). The van der Waals surface area contributed by atoms with Gasteiger partial charge in [-0.05, 0) is 24.6 Å². The smallest absolute Gasteiger partial charge is 0.207 e. The van der Waals surface area contributed by atoms with E-state index >= 15 is 0 Å². The molecule has 0 saturated carbocycles. The van der Waals surface area contributed by atoms with Gasteiger partial charge in [0.25, 0.3) is 0 Å². The lowest BCUT2D eigenvalue weighted by Gasteiger charge is -2.17. The molecule has 0 atom stereocenters. The monoisotopic (exact) mass is 300 g/mol. The van der Waals surface area contributed by atoms with Gasteiger partial charge < -0.3 is 0 Å². The third kappa shape index (κ3) is 3.93. The standard InChI is InChI=1S/C13H17ClN2O2S/c1-3-4-5-8-16(2)19(17,18)13-9-11(10-15)6-7-12(13)14/h6-7,9H,3-5,8H2,1-2H3. The van der Waals surface area contributed by atoms with Crippen LogP contribution in [-0.2, 0) is 10.0 Å². The van der Waals surface area contributed by atoms with Crippen molar-refractivity contribution in [3.63, 3.8) is 0 Å². The molecule has 0 aromatic heterocycles. The first-order valence-corrected chi connectivity index (χ1v) is 7.91. The number of hydrogen-bond donors (Lipinski definition) is 0. The van der Waals surface area contributed by atoms with E-state index in [4.69, 9.17) is 16.9 Å². The minimum absolute atomic E-state index is 0.00721. The van der Waals surface area contributed by atoms with E-state index in [0.717, 1.165) is 19.3 Å². The van der Waals surface area contributed by atoms with Crippen LogP contribution >= 0.6 is 11.6 Å². The van der Waals surface area contributed by atoms with E-state index in [1.54, 1.807) is 0 Å². The summed E-state index contributed by atoms with van der Waals surface area (Å²) in [5.74, 6) is 0. The first-order chi connectivity index (χ1) is 8.93. The van der Waals surface area contributed by atoms with Crippen LogP contribution in [0.25, 0.3) is 0 Å². The fraction of sp³-hybridized carbons (Fsp3) is 0.462. The highest BCUT2D eigenvalue weighted by Crippen LogP contribution is 2.25. The van der Waals surface area contributed by atoms with Gasteiger partial charge in [-0.1, -0.05) is 31.4 Å². The molecule has 0 amide bonds. The Hall–Kier alpha value is -1.09. The fourth-order valence-corrected chi connectivity index (χ4v) is 3.35. The molecule has 0 spiro atoms. The molecule has 0 fully saturated rings. The molecule has 1 aromatic carbocycles. The molecule has 0 aliphatic carbocycles. The van der Waals surface area contributed by atoms with E-state index in [1.165, 1.54) is 29.6 Å². The lowest BCUT2D eigenvalue weighted by Crippen LogP contribution is -2.28. The molecule has 0 saturated heterocycles. The molecular formula is C13H17ClN2O2S.